The Hall–Kier alpha value is -1.81. The fraction of sp³-hybridized carbons (Fsp3) is 0.500. The molecule has 0 aliphatic carbocycles. The predicted octanol–water partition coefficient (Wildman–Crippen LogP) is 2.12. The third kappa shape index (κ3) is 2.88. The second-order valence-electron chi connectivity index (χ2n) is 6.50. The maximum absolute atomic E-state index is 11.8. The molecule has 118 valence electrons. The van der Waals surface area contributed by atoms with Gasteiger partial charge in [-0.2, -0.15) is 0 Å². The van der Waals surface area contributed by atoms with Crippen LogP contribution in [0.2, 0.25) is 0 Å². The van der Waals surface area contributed by atoms with Crippen molar-refractivity contribution >= 4 is 17.7 Å². The van der Waals surface area contributed by atoms with E-state index in [9.17, 15) is 4.79 Å². The molecule has 3 rings (SSSR count). The molecule has 1 aromatic carbocycles. The van der Waals surface area contributed by atoms with Crippen LogP contribution in [0.25, 0.3) is 6.08 Å². The van der Waals surface area contributed by atoms with Gasteiger partial charge < -0.3 is 10.2 Å². The van der Waals surface area contributed by atoms with Gasteiger partial charge >= 0.3 is 0 Å². The van der Waals surface area contributed by atoms with Crippen LogP contribution in [0.1, 0.15) is 25.8 Å². The summed E-state index contributed by atoms with van der Waals surface area (Å²) in [6.07, 6.45) is 2.88. The largest absolute Gasteiger partial charge is 0.368 e. The predicted molar refractivity (Wildman–Crippen MR) is 90.9 cm³/mol. The van der Waals surface area contributed by atoms with Crippen molar-refractivity contribution in [2.24, 2.45) is 0 Å². The second-order valence-corrected chi connectivity index (χ2v) is 6.50. The maximum atomic E-state index is 11.8. The third-order valence-corrected chi connectivity index (χ3v) is 4.94. The lowest BCUT2D eigenvalue weighted by Crippen LogP contribution is -2.55. The van der Waals surface area contributed by atoms with Crippen molar-refractivity contribution in [1.29, 1.82) is 0 Å². The summed E-state index contributed by atoms with van der Waals surface area (Å²) < 4.78 is 0. The first-order chi connectivity index (χ1) is 10.6. The number of anilines is 1. The summed E-state index contributed by atoms with van der Waals surface area (Å²) in [5.74, 6) is 0.0786. The van der Waals surface area contributed by atoms with E-state index in [0.29, 0.717) is 12.1 Å². The molecular formula is C18H25N3O. The summed E-state index contributed by atoms with van der Waals surface area (Å²) in [6, 6.07) is 9.47. The highest BCUT2D eigenvalue weighted by Crippen LogP contribution is 2.27. The van der Waals surface area contributed by atoms with Crippen molar-refractivity contribution in [2.75, 3.05) is 31.6 Å². The smallest absolute Gasteiger partial charge is 0.247 e. The fourth-order valence-corrected chi connectivity index (χ4v) is 3.36. The zero-order valence-corrected chi connectivity index (χ0v) is 13.7. The molecule has 2 atom stereocenters. The van der Waals surface area contributed by atoms with Crippen LogP contribution >= 0.6 is 0 Å². The number of rotatable bonds is 2. The monoisotopic (exact) mass is 299 g/mol. The summed E-state index contributed by atoms with van der Waals surface area (Å²) >= 11 is 0. The SMILES string of the molecule is CC1CN(c2ccccc2/C=C2\CCNC2=O)CC(C)N1C. The van der Waals surface area contributed by atoms with E-state index in [1.165, 1.54) is 5.69 Å². The van der Waals surface area contributed by atoms with Gasteiger partial charge in [-0.3, -0.25) is 9.69 Å². The minimum atomic E-state index is 0.0786. The number of benzene rings is 1. The molecule has 0 bridgehead atoms. The van der Waals surface area contributed by atoms with Crippen LogP contribution in [0.5, 0.6) is 0 Å². The van der Waals surface area contributed by atoms with E-state index in [1.54, 1.807) is 0 Å². The molecule has 2 aliphatic heterocycles. The van der Waals surface area contributed by atoms with Gasteiger partial charge in [0.15, 0.2) is 0 Å². The molecule has 0 radical (unpaired) electrons. The standard InChI is InChI=1S/C18H25N3O/c1-13-11-21(12-14(2)20(13)3)17-7-5-4-6-15(17)10-16-8-9-19-18(16)22/h4-7,10,13-14H,8-9,11-12H2,1-3H3,(H,19,22)/b16-10+. The lowest BCUT2D eigenvalue weighted by molar-refractivity contribution is -0.116. The number of para-hydroxylation sites is 1. The molecule has 2 heterocycles. The second kappa shape index (κ2) is 6.13. The number of nitrogens with zero attached hydrogens (tertiary/aromatic N) is 2. The van der Waals surface area contributed by atoms with E-state index in [-0.39, 0.29) is 5.91 Å². The highest BCUT2D eigenvalue weighted by atomic mass is 16.1. The molecule has 2 aliphatic rings. The molecule has 4 heteroatoms. The normalized spacial score (nSPS) is 28.2. The average Bonchev–Trinajstić information content (AvgIpc) is 2.90. The van der Waals surface area contributed by atoms with E-state index in [1.807, 2.05) is 6.07 Å². The Bertz CT molecular complexity index is 584. The molecule has 4 nitrogen and oxygen atoms in total. The first-order valence-electron chi connectivity index (χ1n) is 8.11. The molecule has 2 saturated heterocycles. The quantitative estimate of drug-likeness (QED) is 0.850. The lowest BCUT2D eigenvalue weighted by Gasteiger charge is -2.44. The van der Waals surface area contributed by atoms with Crippen LogP contribution < -0.4 is 10.2 Å². The Morgan fingerprint density at radius 1 is 1.18 bits per heavy atom. The van der Waals surface area contributed by atoms with Gasteiger partial charge in [-0.1, -0.05) is 18.2 Å². The highest BCUT2D eigenvalue weighted by molar-refractivity contribution is 6.00. The summed E-state index contributed by atoms with van der Waals surface area (Å²) in [5, 5.41) is 2.88. The van der Waals surface area contributed by atoms with Crippen molar-refractivity contribution in [1.82, 2.24) is 10.2 Å². The van der Waals surface area contributed by atoms with E-state index >= 15 is 0 Å². The topological polar surface area (TPSA) is 35.6 Å². The van der Waals surface area contributed by atoms with Gasteiger partial charge in [0, 0.05) is 43.0 Å². The summed E-state index contributed by atoms with van der Waals surface area (Å²) in [6.45, 7) is 7.35. The van der Waals surface area contributed by atoms with Gasteiger partial charge in [0.2, 0.25) is 5.91 Å². The number of likely N-dealkylation sites (N-methyl/N-ethyl adjacent to an activating group) is 1. The van der Waals surface area contributed by atoms with Crippen LogP contribution in [0.4, 0.5) is 5.69 Å². The number of piperazine rings is 1. The first-order valence-corrected chi connectivity index (χ1v) is 8.11. The molecular weight excluding hydrogens is 274 g/mol. The molecule has 1 aromatic rings. The van der Waals surface area contributed by atoms with Crippen molar-refractivity contribution in [3.05, 3.63) is 35.4 Å². The Morgan fingerprint density at radius 3 is 2.50 bits per heavy atom. The van der Waals surface area contributed by atoms with Gasteiger partial charge in [-0.05, 0) is 45.0 Å². The first kappa shape index (κ1) is 15.1. The lowest BCUT2D eigenvalue weighted by atomic mass is 10.0. The number of hydrogen-bond donors (Lipinski definition) is 1. The molecule has 0 spiro atoms. The Kier molecular flexibility index (Phi) is 4.21. The Labute approximate surface area is 132 Å². The fourth-order valence-electron chi connectivity index (χ4n) is 3.36. The maximum Gasteiger partial charge on any atom is 0.247 e. The van der Waals surface area contributed by atoms with Crippen molar-refractivity contribution in [3.8, 4) is 0 Å². The zero-order chi connectivity index (χ0) is 15.7. The average molecular weight is 299 g/mol. The van der Waals surface area contributed by atoms with Crippen molar-refractivity contribution in [2.45, 2.75) is 32.4 Å². The van der Waals surface area contributed by atoms with Crippen LogP contribution in [-0.2, 0) is 4.79 Å². The van der Waals surface area contributed by atoms with Gasteiger partial charge in [0.1, 0.15) is 0 Å². The van der Waals surface area contributed by atoms with E-state index in [0.717, 1.165) is 37.2 Å². The molecule has 1 N–H and O–H groups in total. The van der Waals surface area contributed by atoms with Gasteiger partial charge in [0.05, 0.1) is 0 Å². The Balaban J connectivity index is 1.90. The van der Waals surface area contributed by atoms with Gasteiger partial charge in [0.25, 0.3) is 0 Å². The van der Waals surface area contributed by atoms with Crippen molar-refractivity contribution in [3.63, 3.8) is 0 Å². The number of carbonyl (C=O) groups is 1. The minimum absolute atomic E-state index is 0.0786. The van der Waals surface area contributed by atoms with Gasteiger partial charge in [-0.15, -0.1) is 0 Å². The van der Waals surface area contributed by atoms with E-state index in [2.05, 4.69) is 60.3 Å². The van der Waals surface area contributed by atoms with Gasteiger partial charge in [-0.25, -0.2) is 0 Å². The Morgan fingerprint density at radius 2 is 1.86 bits per heavy atom. The molecule has 1 amide bonds. The molecule has 2 fully saturated rings. The summed E-state index contributed by atoms with van der Waals surface area (Å²) in [5.41, 5.74) is 3.28. The van der Waals surface area contributed by atoms with Crippen LogP contribution in [0.15, 0.2) is 29.8 Å². The number of carbonyl (C=O) groups excluding carboxylic acids is 1. The molecule has 2 unspecified atom stereocenters. The van der Waals surface area contributed by atoms with Crippen LogP contribution in [0.3, 0.4) is 0 Å². The number of nitrogens with one attached hydrogen (secondary N) is 1. The summed E-state index contributed by atoms with van der Waals surface area (Å²) in [7, 11) is 2.20. The zero-order valence-electron chi connectivity index (χ0n) is 13.7. The third-order valence-electron chi connectivity index (χ3n) is 4.94. The number of amides is 1. The van der Waals surface area contributed by atoms with Crippen molar-refractivity contribution < 1.29 is 4.79 Å². The highest BCUT2D eigenvalue weighted by Gasteiger charge is 2.27. The molecule has 22 heavy (non-hydrogen) atoms. The minimum Gasteiger partial charge on any atom is -0.368 e. The molecule has 0 aromatic heterocycles. The summed E-state index contributed by atoms with van der Waals surface area (Å²) in [4.78, 5) is 16.7. The van der Waals surface area contributed by atoms with E-state index < -0.39 is 0 Å². The van der Waals surface area contributed by atoms with Crippen LogP contribution in [0, 0.1) is 0 Å². The molecule has 0 saturated carbocycles. The van der Waals surface area contributed by atoms with Crippen LogP contribution in [-0.4, -0.2) is 49.6 Å². The number of hydrogen-bond acceptors (Lipinski definition) is 3. The van der Waals surface area contributed by atoms with E-state index in [4.69, 9.17) is 0 Å².